The van der Waals surface area contributed by atoms with E-state index in [1.54, 1.807) is 60.2 Å². The van der Waals surface area contributed by atoms with E-state index in [0.29, 0.717) is 33.8 Å². The number of nitrogens with zero attached hydrogens (tertiary/aromatic N) is 7. The summed E-state index contributed by atoms with van der Waals surface area (Å²) in [6, 6.07) is 13.1. The molecule has 0 radical (unpaired) electrons. The third kappa shape index (κ3) is 5.59. The van der Waals surface area contributed by atoms with Crippen LogP contribution in [0.2, 0.25) is 0 Å². The van der Waals surface area contributed by atoms with E-state index in [1.165, 1.54) is 19.8 Å². The van der Waals surface area contributed by atoms with Crippen molar-refractivity contribution in [3.63, 3.8) is 0 Å². The number of hydrogen-bond donors (Lipinski definition) is 1. The summed E-state index contributed by atoms with van der Waals surface area (Å²) in [7, 11) is 3.07. The number of methoxy groups -OCH3 is 2. The molecule has 1 N–H and O–H groups in total. The van der Waals surface area contributed by atoms with Gasteiger partial charge >= 0.3 is 5.97 Å². The Morgan fingerprint density at radius 2 is 1.76 bits per heavy atom. The first-order valence-corrected chi connectivity index (χ1v) is 13.7. The average Bonchev–Trinajstić information content (AvgIpc) is 3.60. The second kappa shape index (κ2) is 12.0. The topological polar surface area (TPSA) is 175 Å². The van der Waals surface area contributed by atoms with E-state index >= 15 is 0 Å². The smallest absolute Gasteiger partial charge is 0.338 e. The molecule has 2 aromatic carbocycles. The number of esters is 1. The molecule has 15 heteroatoms. The summed E-state index contributed by atoms with van der Waals surface area (Å²) in [4.78, 5) is 41.7. The molecule has 0 unspecified atom stereocenters. The largest absolute Gasteiger partial charge is 0.497 e. The van der Waals surface area contributed by atoms with Gasteiger partial charge in [-0.15, -0.1) is 0 Å². The van der Waals surface area contributed by atoms with Crippen molar-refractivity contribution >= 4 is 51.4 Å². The first-order chi connectivity index (χ1) is 19.9. The highest BCUT2D eigenvalue weighted by molar-refractivity contribution is 14.1. The second-order valence-corrected chi connectivity index (χ2v) is 9.59. The number of carbonyl (C=O) groups excluding carboxylic acids is 2. The number of anilines is 1. The number of benzene rings is 2. The van der Waals surface area contributed by atoms with Crippen molar-refractivity contribution in [2.45, 2.75) is 24.5 Å². The van der Waals surface area contributed by atoms with Gasteiger partial charge in [-0.1, -0.05) is 27.7 Å². The Hall–Kier alpha value is -4.47. The molecule has 3 heterocycles. The van der Waals surface area contributed by atoms with Crippen LogP contribution in [-0.4, -0.2) is 61.9 Å². The highest BCUT2D eigenvalue weighted by Gasteiger charge is 2.51. The van der Waals surface area contributed by atoms with Gasteiger partial charge in [-0.05, 0) is 54.1 Å². The normalized spacial score (nSPS) is 19.8. The highest BCUT2D eigenvalue weighted by atomic mass is 127. The van der Waals surface area contributed by atoms with Gasteiger partial charge in [-0.3, -0.25) is 9.36 Å². The first kappa shape index (κ1) is 28.1. The van der Waals surface area contributed by atoms with Crippen LogP contribution in [0.3, 0.4) is 0 Å². The van der Waals surface area contributed by atoms with E-state index < -0.39 is 29.9 Å². The van der Waals surface area contributed by atoms with E-state index in [1.807, 2.05) is 22.6 Å². The number of nitrogens with one attached hydrogen (secondary N) is 1. The lowest BCUT2D eigenvalue weighted by Crippen LogP contribution is -2.41. The molecule has 0 saturated carbocycles. The molecule has 1 saturated heterocycles. The maximum atomic E-state index is 13.0. The van der Waals surface area contributed by atoms with Crippen LogP contribution >= 0.6 is 22.6 Å². The molecule has 0 aliphatic carbocycles. The molecule has 210 valence electrons. The van der Waals surface area contributed by atoms with Crippen LogP contribution in [0, 0.1) is 0 Å². The van der Waals surface area contributed by atoms with Crippen molar-refractivity contribution in [1.82, 2.24) is 19.5 Å². The molecule has 2 aromatic heterocycles. The number of halogens is 1. The van der Waals surface area contributed by atoms with Gasteiger partial charge in [0.1, 0.15) is 30.2 Å². The van der Waals surface area contributed by atoms with Crippen LogP contribution in [0.4, 0.5) is 5.82 Å². The molecule has 1 aliphatic heterocycles. The van der Waals surface area contributed by atoms with E-state index in [0.717, 1.165) is 0 Å². The zero-order valence-electron chi connectivity index (χ0n) is 21.8. The molecule has 0 bridgehead atoms. The Bertz CT molecular complexity index is 1620. The minimum absolute atomic E-state index is 0.146. The van der Waals surface area contributed by atoms with Crippen molar-refractivity contribution in [3.05, 3.63) is 82.8 Å². The number of fused-ring (bicyclic) bond motifs is 1. The van der Waals surface area contributed by atoms with Gasteiger partial charge < -0.3 is 24.3 Å². The lowest BCUT2D eigenvalue weighted by molar-refractivity contribution is -0.0844. The van der Waals surface area contributed by atoms with E-state index in [2.05, 4.69) is 30.3 Å². The van der Waals surface area contributed by atoms with Crippen molar-refractivity contribution in [2.24, 2.45) is 5.11 Å². The molecular formula is C26H23IN8O6. The number of hydrogen-bond acceptors (Lipinski definition) is 10. The van der Waals surface area contributed by atoms with Crippen LogP contribution in [0.1, 0.15) is 33.4 Å². The Morgan fingerprint density at radius 3 is 2.37 bits per heavy atom. The lowest BCUT2D eigenvalue weighted by Gasteiger charge is -2.27. The first-order valence-electron chi connectivity index (χ1n) is 12.2. The Morgan fingerprint density at radius 1 is 1.10 bits per heavy atom. The number of amides is 1. The summed E-state index contributed by atoms with van der Waals surface area (Å²) < 4.78 is 24.1. The molecule has 0 spiro atoms. The summed E-state index contributed by atoms with van der Waals surface area (Å²) in [5, 5.41) is 6.65. The number of azide groups is 1. The molecule has 1 amide bonds. The number of carbonyl (C=O) groups is 2. The van der Waals surface area contributed by atoms with Gasteiger partial charge in [0.25, 0.3) is 5.91 Å². The molecule has 14 nitrogen and oxygen atoms in total. The second-order valence-electron chi connectivity index (χ2n) is 8.83. The molecule has 1 aliphatic rings. The standard InChI is InChI=1S/C26H23IN8O6/c1-38-17-7-3-15(4-8-17)24(36)32-22-21-23(30-13-29-22)35(14-31-21)20-11-19(26(12-27,41-20)33-34-28)40-25(37)16-5-9-18(39-2)10-6-16/h3-10,13-14,19-20H,11-12H2,1-2H3,(H,29,30,32,36)/t19-,20+,26+/m0/s1. The van der Waals surface area contributed by atoms with Gasteiger partial charge in [0.05, 0.1) is 26.1 Å². The Kier molecular flexibility index (Phi) is 8.19. The molecule has 4 aromatic rings. The van der Waals surface area contributed by atoms with Crippen LogP contribution in [-0.2, 0) is 9.47 Å². The summed E-state index contributed by atoms with van der Waals surface area (Å²) in [6.45, 7) is 0. The van der Waals surface area contributed by atoms with Gasteiger partial charge in [0.2, 0.25) is 0 Å². The quantitative estimate of drug-likeness (QED) is 0.0662. The Balaban J connectivity index is 1.40. The predicted octanol–water partition coefficient (Wildman–Crippen LogP) is 4.68. The van der Waals surface area contributed by atoms with Crippen LogP contribution in [0.15, 0.2) is 66.3 Å². The van der Waals surface area contributed by atoms with Gasteiger partial charge in [-0.2, -0.15) is 0 Å². The van der Waals surface area contributed by atoms with Crippen LogP contribution < -0.4 is 14.8 Å². The summed E-state index contributed by atoms with van der Waals surface area (Å²) in [5.41, 5.74) is 9.23. The zero-order chi connectivity index (χ0) is 29.0. The third-order valence-electron chi connectivity index (χ3n) is 6.49. The predicted molar refractivity (Wildman–Crippen MR) is 154 cm³/mol. The fourth-order valence-electron chi connectivity index (χ4n) is 4.35. The zero-order valence-corrected chi connectivity index (χ0v) is 24.0. The maximum absolute atomic E-state index is 13.0. The van der Waals surface area contributed by atoms with Gasteiger partial charge in [-0.25, -0.2) is 19.7 Å². The van der Waals surface area contributed by atoms with E-state index in [4.69, 9.17) is 18.9 Å². The minimum Gasteiger partial charge on any atom is -0.497 e. The summed E-state index contributed by atoms with van der Waals surface area (Å²) in [5.74, 6) is 0.417. The van der Waals surface area contributed by atoms with Crippen molar-refractivity contribution < 1.29 is 28.5 Å². The molecule has 41 heavy (non-hydrogen) atoms. The molecule has 5 rings (SSSR count). The minimum atomic E-state index is -1.48. The molecule has 1 fully saturated rings. The fourth-order valence-corrected chi connectivity index (χ4v) is 5.17. The maximum Gasteiger partial charge on any atom is 0.338 e. The number of rotatable bonds is 9. The van der Waals surface area contributed by atoms with Gasteiger partial charge in [0.15, 0.2) is 22.7 Å². The Labute approximate surface area is 246 Å². The SMILES string of the molecule is COc1ccc(C(=O)Nc2ncnc3c2ncn3[C@H]2C[C@H](OC(=O)c3ccc(OC)cc3)[C@](CI)(N=[N+]=[N-])O2)cc1. The summed E-state index contributed by atoms with van der Waals surface area (Å²) in [6.07, 6.45) is 1.25. The van der Waals surface area contributed by atoms with Crippen molar-refractivity contribution in [3.8, 4) is 11.5 Å². The van der Waals surface area contributed by atoms with Crippen LogP contribution in [0.25, 0.3) is 21.6 Å². The van der Waals surface area contributed by atoms with Crippen LogP contribution in [0.5, 0.6) is 11.5 Å². The number of imidazole rings is 1. The number of ether oxygens (including phenoxy) is 4. The molecular weight excluding hydrogens is 647 g/mol. The highest BCUT2D eigenvalue weighted by Crippen LogP contribution is 2.42. The van der Waals surface area contributed by atoms with E-state index in [9.17, 15) is 15.1 Å². The fraction of sp³-hybridized carbons (Fsp3) is 0.269. The van der Waals surface area contributed by atoms with Crippen molar-refractivity contribution in [1.29, 1.82) is 0 Å². The lowest BCUT2D eigenvalue weighted by atomic mass is 10.1. The number of alkyl halides is 1. The van der Waals surface area contributed by atoms with Gasteiger partial charge in [0, 0.05) is 21.3 Å². The average molecular weight is 670 g/mol. The molecule has 3 atom stereocenters. The number of aromatic nitrogens is 4. The van der Waals surface area contributed by atoms with E-state index in [-0.39, 0.29) is 16.7 Å². The summed E-state index contributed by atoms with van der Waals surface area (Å²) >= 11 is 2.02. The van der Waals surface area contributed by atoms with Crippen molar-refractivity contribution in [2.75, 3.05) is 24.0 Å². The monoisotopic (exact) mass is 670 g/mol. The third-order valence-corrected chi connectivity index (χ3v) is 7.59.